The minimum Gasteiger partial charge on any atom is -0.497 e. The summed E-state index contributed by atoms with van der Waals surface area (Å²) in [6.45, 7) is 2.03. The van der Waals surface area contributed by atoms with Gasteiger partial charge in [-0.15, -0.1) is 0 Å². The maximum Gasteiger partial charge on any atom is 0.319 e. The highest BCUT2D eigenvalue weighted by Crippen LogP contribution is 2.15. The van der Waals surface area contributed by atoms with Crippen LogP contribution in [0.1, 0.15) is 22.3 Å². The van der Waals surface area contributed by atoms with Crippen LogP contribution in [0.4, 0.5) is 10.5 Å². The van der Waals surface area contributed by atoms with E-state index in [0.29, 0.717) is 32.0 Å². The predicted molar refractivity (Wildman–Crippen MR) is 132 cm³/mol. The van der Waals surface area contributed by atoms with Crippen molar-refractivity contribution in [1.82, 2.24) is 15.1 Å². The maximum absolute atomic E-state index is 12.5. The molecule has 0 atom stereocenters. The molecule has 2 amide bonds. The van der Waals surface area contributed by atoms with Crippen molar-refractivity contribution in [2.24, 2.45) is 0 Å². The number of amides is 2. The number of methoxy groups -OCH3 is 1. The molecular formula is C27H28N4O3. The molecule has 0 saturated carbocycles. The number of rotatable bonds is 10. The van der Waals surface area contributed by atoms with Crippen molar-refractivity contribution in [3.8, 4) is 5.75 Å². The van der Waals surface area contributed by atoms with Gasteiger partial charge >= 0.3 is 6.03 Å². The summed E-state index contributed by atoms with van der Waals surface area (Å²) >= 11 is 0. The number of nitrogens with one attached hydrogen (secondary N) is 2. The van der Waals surface area contributed by atoms with Crippen LogP contribution < -0.4 is 15.4 Å². The molecule has 7 nitrogen and oxygen atoms in total. The zero-order chi connectivity index (χ0) is 23.6. The van der Waals surface area contributed by atoms with Crippen LogP contribution >= 0.6 is 0 Å². The molecule has 1 heterocycles. The maximum atomic E-state index is 12.5. The first kappa shape index (κ1) is 23.1. The van der Waals surface area contributed by atoms with Crippen molar-refractivity contribution in [1.29, 1.82) is 0 Å². The number of hydrogen-bond acceptors (Lipinski definition) is 4. The van der Waals surface area contributed by atoms with Crippen LogP contribution in [-0.2, 0) is 31.0 Å². The van der Waals surface area contributed by atoms with E-state index in [9.17, 15) is 4.79 Å². The quantitative estimate of drug-likeness (QED) is 0.353. The molecule has 0 bridgehead atoms. The summed E-state index contributed by atoms with van der Waals surface area (Å²) in [6.07, 6.45) is 3.68. The number of anilines is 1. The molecule has 34 heavy (non-hydrogen) atoms. The average molecular weight is 457 g/mol. The Morgan fingerprint density at radius 3 is 2.47 bits per heavy atom. The molecule has 0 aliphatic rings. The summed E-state index contributed by atoms with van der Waals surface area (Å²) in [5.74, 6) is 0.821. The molecule has 4 aromatic rings. The summed E-state index contributed by atoms with van der Waals surface area (Å²) in [5.41, 5.74) is 4.93. The van der Waals surface area contributed by atoms with Crippen molar-refractivity contribution in [2.45, 2.75) is 26.3 Å². The molecule has 7 heteroatoms. The summed E-state index contributed by atoms with van der Waals surface area (Å²) in [5, 5.41) is 10.1. The van der Waals surface area contributed by atoms with Gasteiger partial charge in [-0.25, -0.2) is 4.79 Å². The Balaban J connectivity index is 1.26. The van der Waals surface area contributed by atoms with E-state index in [4.69, 9.17) is 9.47 Å². The van der Waals surface area contributed by atoms with Gasteiger partial charge in [0.25, 0.3) is 0 Å². The van der Waals surface area contributed by atoms with Crippen LogP contribution in [0.25, 0.3) is 0 Å². The molecule has 0 unspecified atom stereocenters. The van der Waals surface area contributed by atoms with E-state index < -0.39 is 0 Å². The van der Waals surface area contributed by atoms with Gasteiger partial charge in [0.15, 0.2) is 0 Å². The first-order valence-corrected chi connectivity index (χ1v) is 11.1. The summed E-state index contributed by atoms with van der Waals surface area (Å²) < 4.78 is 12.9. The van der Waals surface area contributed by atoms with Crippen LogP contribution in [-0.4, -0.2) is 22.9 Å². The fourth-order valence-corrected chi connectivity index (χ4v) is 3.55. The van der Waals surface area contributed by atoms with Gasteiger partial charge < -0.3 is 20.1 Å². The van der Waals surface area contributed by atoms with E-state index in [-0.39, 0.29) is 6.03 Å². The van der Waals surface area contributed by atoms with Crippen LogP contribution in [0, 0.1) is 0 Å². The highest BCUT2D eigenvalue weighted by Gasteiger charge is 2.07. The fourth-order valence-electron chi connectivity index (χ4n) is 3.55. The van der Waals surface area contributed by atoms with E-state index >= 15 is 0 Å². The number of aromatic nitrogens is 2. The van der Waals surface area contributed by atoms with Gasteiger partial charge in [-0.05, 0) is 52.6 Å². The lowest BCUT2D eigenvalue weighted by Crippen LogP contribution is -2.28. The summed E-state index contributed by atoms with van der Waals surface area (Å²) in [7, 11) is 1.65. The lowest BCUT2D eigenvalue weighted by atomic mass is 10.1. The van der Waals surface area contributed by atoms with Crippen molar-refractivity contribution in [3.05, 3.63) is 114 Å². The first-order chi connectivity index (χ1) is 16.7. The molecule has 0 spiro atoms. The van der Waals surface area contributed by atoms with Gasteiger partial charge in [0.2, 0.25) is 0 Å². The van der Waals surface area contributed by atoms with Crippen molar-refractivity contribution < 1.29 is 14.3 Å². The Kier molecular flexibility index (Phi) is 7.92. The smallest absolute Gasteiger partial charge is 0.319 e. The SMILES string of the molecule is COc1ccc(COCc2cccc(NC(=O)NCc3ccccc3Cn3cccn3)c2)cc1. The van der Waals surface area contributed by atoms with E-state index in [2.05, 4.69) is 15.7 Å². The number of carbonyl (C=O) groups is 1. The van der Waals surface area contributed by atoms with Crippen molar-refractivity contribution in [3.63, 3.8) is 0 Å². The number of benzene rings is 3. The largest absolute Gasteiger partial charge is 0.497 e. The lowest BCUT2D eigenvalue weighted by Gasteiger charge is -2.12. The van der Waals surface area contributed by atoms with Gasteiger partial charge in [0, 0.05) is 24.6 Å². The Hall–Kier alpha value is -4.10. The number of urea groups is 1. The van der Waals surface area contributed by atoms with Crippen LogP contribution in [0.2, 0.25) is 0 Å². The third-order valence-corrected chi connectivity index (χ3v) is 5.33. The number of hydrogen-bond donors (Lipinski definition) is 2. The molecule has 0 aliphatic heterocycles. The summed E-state index contributed by atoms with van der Waals surface area (Å²) in [6, 6.07) is 25.1. The molecule has 0 aliphatic carbocycles. The van der Waals surface area contributed by atoms with Crippen LogP contribution in [0.5, 0.6) is 5.75 Å². The molecule has 0 saturated heterocycles. The monoisotopic (exact) mass is 456 g/mol. The van der Waals surface area contributed by atoms with E-state index in [0.717, 1.165) is 28.0 Å². The van der Waals surface area contributed by atoms with E-state index in [1.807, 2.05) is 89.7 Å². The van der Waals surface area contributed by atoms with Gasteiger partial charge in [-0.1, -0.05) is 48.5 Å². The van der Waals surface area contributed by atoms with Crippen molar-refractivity contribution in [2.75, 3.05) is 12.4 Å². The van der Waals surface area contributed by atoms with E-state index in [1.54, 1.807) is 13.3 Å². The molecule has 2 N–H and O–H groups in total. The summed E-state index contributed by atoms with van der Waals surface area (Å²) in [4.78, 5) is 12.5. The van der Waals surface area contributed by atoms with Gasteiger partial charge in [0.05, 0.1) is 26.9 Å². The standard InChI is InChI=1S/C27H28N4O3/c1-33-26-12-10-21(11-13-26)19-34-20-22-6-4-9-25(16-22)30-27(32)28-17-23-7-2-3-8-24(23)18-31-15-5-14-29-31/h2-16H,17-20H2,1H3,(H2,28,30,32). The average Bonchev–Trinajstić information content (AvgIpc) is 3.37. The normalized spacial score (nSPS) is 10.6. The molecule has 1 aromatic heterocycles. The predicted octanol–water partition coefficient (Wildman–Crippen LogP) is 4.98. The minimum absolute atomic E-state index is 0.259. The highest BCUT2D eigenvalue weighted by atomic mass is 16.5. The molecule has 0 fully saturated rings. The second kappa shape index (κ2) is 11.7. The number of carbonyl (C=O) groups excluding carboxylic acids is 1. The Morgan fingerprint density at radius 2 is 1.71 bits per heavy atom. The minimum atomic E-state index is -0.259. The second-order valence-electron chi connectivity index (χ2n) is 7.82. The fraction of sp³-hybridized carbons (Fsp3) is 0.185. The molecule has 0 radical (unpaired) electrons. The van der Waals surface area contributed by atoms with Gasteiger partial charge in [-0.3, -0.25) is 4.68 Å². The zero-order valence-electron chi connectivity index (χ0n) is 19.1. The topological polar surface area (TPSA) is 77.4 Å². The molecule has 4 rings (SSSR count). The molecular weight excluding hydrogens is 428 g/mol. The first-order valence-electron chi connectivity index (χ1n) is 11.1. The Morgan fingerprint density at radius 1 is 0.912 bits per heavy atom. The second-order valence-corrected chi connectivity index (χ2v) is 7.82. The number of nitrogens with zero attached hydrogens (tertiary/aromatic N) is 2. The highest BCUT2D eigenvalue weighted by molar-refractivity contribution is 5.89. The van der Waals surface area contributed by atoms with Crippen LogP contribution in [0.3, 0.4) is 0 Å². The van der Waals surface area contributed by atoms with Crippen molar-refractivity contribution >= 4 is 11.7 Å². The zero-order valence-corrected chi connectivity index (χ0v) is 19.1. The Labute approximate surface area is 199 Å². The van der Waals surface area contributed by atoms with E-state index in [1.165, 1.54) is 0 Å². The van der Waals surface area contributed by atoms with Crippen LogP contribution in [0.15, 0.2) is 91.3 Å². The third-order valence-electron chi connectivity index (χ3n) is 5.33. The van der Waals surface area contributed by atoms with Gasteiger partial charge in [-0.2, -0.15) is 5.10 Å². The molecule has 174 valence electrons. The third kappa shape index (κ3) is 6.70. The van der Waals surface area contributed by atoms with Gasteiger partial charge in [0.1, 0.15) is 5.75 Å². The number of ether oxygens (including phenoxy) is 2. The lowest BCUT2D eigenvalue weighted by molar-refractivity contribution is 0.107. The Bertz CT molecular complexity index is 1190. The molecule has 3 aromatic carbocycles.